The Morgan fingerprint density at radius 2 is 1.77 bits per heavy atom. The number of nitro benzene ring substituents is 1. The van der Waals surface area contributed by atoms with E-state index in [4.69, 9.17) is 9.47 Å². The number of benzene rings is 3. The van der Waals surface area contributed by atoms with Crippen molar-refractivity contribution in [1.29, 1.82) is 0 Å². The zero-order valence-electron chi connectivity index (χ0n) is 17.0. The maximum atomic E-state index is 12.2. The van der Waals surface area contributed by atoms with Gasteiger partial charge in [0, 0.05) is 18.2 Å². The quantitative estimate of drug-likeness (QED) is 0.157. The van der Waals surface area contributed by atoms with Gasteiger partial charge in [-0.3, -0.25) is 10.1 Å². The van der Waals surface area contributed by atoms with Gasteiger partial charge in [0.15, 0.2) is 0 Å². The Bertz CT molecular complexity index is 1090. The Labute approximate surface area is 174 Å². The number of fused-ring (bicyclic) bond motifs is 1. The normalized spacial score (nSPS) is 11.0. The summed E-state index contributed by atoms with van der Waals surface area (Å²) in [4.78, 5) is 22.4. The van der Waals surface area contributed by atoms with E-state index in [1.807, 2.05) is 30.3 Å². The predicted octanol–water partition coefficient (Wildman–Crippen LogP) is 5.72. The molecule has 0 bridgehead atoms. The molecule has 6 heteroatoms. The second kappa shape index (κ2) is 9.69. The van der Waals surface area contributed by atoms with E-state index in [2.05, 4.69) is 6.92 Å². The van der Waals surface area contributed by atoms with Gasteiger partial charge in [-0.25, -0.2) is 4.79 Å². The molecule has 3 rings (SSSR count). The van der Waals surface area contributed by atoms with Gasteiger partial charge in [0.1, 0.15) is 11.5 Å². The van der Waals surface area contributed by atoms with E-state index >= 15 is 0 Å². The first-order valence-corrected chi connectivity index (χ1v) is 9.75. The second-order valence-electron chi connectivity index (χ2n) is 6.83. The van der Waals surface area contributed by atoms with Gasteiger partial charge in [-0.2, -0.15) is 0 Å². The highest BCUT2D eigenvalue weighted by Gasteiger charge is 2.09. The van der Waals surface area contributed by atoms with Crippen LogP contribution in [0.15, 0.2) is 60.7 Å². The first kappa shape index (κ1) is 21.0. The lowest BCUT2D eigenvalue weighted by Gasteiger charge is -2.12. The molecule has 154 valence electrons. The molecule has 0 amide bonds. The van der Waals surface area contributed by atoms with E-state index in [1.165, 1.54) is 30.3 Å². The number of aryl methyl sites for hydroxylation is 1. The Morgan fingerprint density at radius 3 is 2.43 bits per heavy atom. The Kier molecular flexibility index (Phi) is 6.80. The zero-order chi connectivity index (χ0) is 21.5. The molecule has 30 heavy (non-hydrogen) atoms. The summed E-state index contributed by atoms with van der Waals surface area (Å²) in [5, 5.41) is 12.9. The minimum Gasteiger partial charge on any atom is -0.497 e. The number of unbranched alkanes of at least 4 members (excludes halogenated alkanes) is 1. The first-order chi connectivity index (χ1) is 14.5. The highest BCUT2D eigenvalue weighted by molar-refractivity contribution is 5.93. The molecule has 3 aromatic rings. The van der Waals surface area contributed by atoms with Crippen molar-refractivity contribution in [3.05, 3.63) is 81.9 Å². The molecule has 0 saturated heterocycles. The molecule has 0 radical (unpaired) electrons. The van der Waals surface area contributed by atoms with Crippen LogP contribution in [0.5, 0.6) is 11.5 Å². The summed E-state index contributed by atoms with van der Waals surface area (Å²) in [6.07, 6.45) is 6.10. The monoisotopic (exact) mass is 405 g/mol. The molecule has 0 N–H and O–H groups in total. The summed E-state index contributed by atoms with van der Waals surface area (Å²) in [6.45, 7) is 2.14. The van der Waals surface area contributed by atoms with Gasteiger partial charge in [0.2, 0.25) is 0 Å². The number of methoxy groups -OCH3 is 1. The summed E-state index contributed by atoms with van der Waals surface area (Å²) in [7, 11) is 1.64. The number of carbonyl (C=O) groups is 1. The molecule has 3 aromatic carbocycles. The minimum atomic E-state index is -0.545. The van der Waals surface area contributed by atoms with E-state index in [0.29, 0.717) is 0 Å². The molecule has 0 aliphatic heterocycles. The lowest BCUT2D eigenvalue weighted by molar-refractivity contribution is -0.384. The fourth-order valence-electron chi connectivity index (χ4n) is 3.24. The van der Waals surface area contributed by atoms with Crippen LogP contribution in [0.3, 0.4) is 0 Å². The molecular formula is C24H23NO5. The molecule has 0 unspecified atom stereocenters. The molecule has 0 aliphatic rings. The molecule has 0 fully saturated rings. The van der Waals surface area contributed by atoms with Crippen LogP contribution in [-0.4, -0.2) is 18.0 Å². The third-order valence-electron chi connectivity index (χ3n) is 4.82. The third-order valence-corrected chi connectivity index (χ3v) is 4.82. The van der Waals surface area contributed by atoms with Crippen LogP contribution < -0.4 is 9.47 Å². The van der Waals surface area contributed by atoms with Crippen molar-refractivity contribution in [1.82, 2.24) is 0 Å². The van der Waals surface area contributed by atoms with Gasteiger partial charge < -0.3 is 9.47 Å². The fraction of sp³-hybridized carbons (Fsp3) is 0.208. The van der Waals surface area contributed by atoms with Crippen molar-refractivity contribution in [3.63, 3.8) is 0 Å². The summed E-state index contributed by atoms with van der Waals surface area (Å²) in [6, 6.07) is 15.4. The van der Waals surface area contributed by atoms with Crippen molar-refractivity contribution in [2.75, 3.05) is 7.11 Å². The van der Waals surface area contributed by atoms with E-state index in [1.54, 1.807) is 13.2 Å². The van der Waals surface area contributed by atoms with Gasteiger partial charge >= 0.3 is 5.97 Å². The summed E-state index contributed by atoms with van der Waals surface area (Å²) in [5.74, 6) is 0.500. The molecule has 0 aromatic heterocycles. The van der Waals surface area contributed by atoms with E-state index in [9.17, 15) is 14.9 Å². The number of rotatable bonds is 8. The average molecular weight is 405 g/mol. The lowest BCUT2D eigenvalue weighted by atomic mass is 9.94. The Balaban J connectivity index is 1.84. The minimum absolute atomic E-state index is 0.0579. The summed E-state index contributed by atoms with van der Waals surface area (Å²) >= 11 is 0. The van der Waals surface area contributed by atoms with Crippen LogP contribution in [-0.2, 0) is 11.2 Å². The van der Waals surface area contributed by atoms with E-state index in [-0.39, 0.29) is 11.4 Å². The number of esters is 1. The first-order valence-electron chi connectivity index (χ1n) is 9.75. The predicted molar refractivity (Wildman–Crippen MR) is 117 cm³/mol. The maximum absolute atomic E-state index is 12.2. The Hall–Kier alpha value is -3.67. The van der Waals surface area contributed by atoms with Crippen LogP contribution >= 0.6 is 0 Å². The third kappa shape index (κ3) is 5.03. The summed E-state index contributed by atoms with van der Waals surface area (Å²) in [5.41, 5.74) is 2.05. The van der Waals surface area contributed by atoms with Gasteiger partial charge in [-0.05, 0) is 65.1 Å². The van der Waals surface area contributed by atoms with Gasteiger partial charge in [-0.15, -0.1) is 0 Å². The van der Waals surface area contributed by atoms with Crippen LogP contribution in [0, 0.1) is 10.1 Å². The Morgan fingerprint density at radius 1 is 1.07 bits per heavy atom. The van der Waals surface area contributed by atoms with E-state index < -0.39 is 10.9 Å². The molecule has 0 atom stereocenters. The topological polar surface area (TPSA) is 78.7 Å². The van der Waals surface area contributed by atoms with E-state index in [0.717, 1.165) is 46.9 Å². The number of hydrogen-bond acceptors (Lipinski definition) is 5. The van der Waals surface area contributed by atoms with Crippen molar-refractivity contribution in [2.45, 2.75) is 26.2 Å². The van der Waals surface area contributed by atoms with Gasteiger partial charge in [0.05, 0.1) is 12.0 Å². The van der Waals surface area contributed by atoms with Crippen LogP contribution in [0.4, 0.5) is 5.69 Å². The van der Waals surface area contributed by atoms with Crippen molar-refractivity contribution in [3.8, 4) is 11.5 Å². The van der Waals surface area contributed by atoms with Crippen LogP contribution in [0.2, 0.25) is 0 Å². The largest absolute Gasteiger partial charge is 0.497 e. The van der Waals surface area contributed by atoms with Crippen molar-refractivity contribution >= 4 is 28.5 Å². The number of carbonyl (C=O) groups excluding carboxylic acids is 1. The smallest absolute Gasteiger partial charge is 0.336 e. The van der Waals surface area contributed by atoms with Crippen LogP contribution in [0.1, 0.15) is 30.9 Å². The SMILES string of the molecule is CCCCc1c(/C=C/C(=O)Oc2ccc([N+](=O)[O-])cc2)ccc2ccc(OC)cc12. The number of nitrogens with zero attached hydrogens (tertiary/aromatic N) is 1. The average Bonchev–Trinajstić information content (AvgIpc) is 2.76. The second-order valence-corrected chi connectivity index (χ2v) is 6.83. The molecule has 0 aliphatic carbocycles. The van der Waals surface area contributed by atoms with Crippen molar-refractivity contribution in [2.24, 2.45) is 0 Å². The van der Waals surface area contributed by atoms with Gasteiger partial charge in [-0.1, -0.05) is 31.5 Å². The zero-order valence-corrected chi connectivity index (χ0v) is 17.0. The molecule has 6 nitrogen and oxygen atoms in total. The highest BCUT2D eigenvalue weighted by atomic mass is 16.6. The number of ether oxygens (including phenoxy) is 2. The fourth-order valence-corrected chi connectivity index (χ4v) is 3.24. The maximum Gasteiger partial charge on any atom is 0.336 e. The highest BCUT2D eigenvalue weighted by Crippen LogP contribution is 2.29. The lowest BCUT2D eigenvalue weighted by Crippen LogP contribution is -2.04. The molecule has 0 heterocycles. The van der Waals surface area contributed by atoms with Gasteiger partial charge in [0.25, 0.3) is 5.69 Å². The van der Waals surface area contributed by atoms with Crippen molar-refractivity contribution < 1.29 is 19.2 Å². The van der Waals surface area contributed by atoms with Crippen LogP contribution in [0.25, 0.3) is 16.8 Å². The number of hydrogen-bond donors (Lipinski definition) is 0. The molecule has 0 spiro atoms. The standard InChI is InChI=1S/C24H23NO5/c1-3-4-5-22-17(6-7-18-8-12-21(29-2)16-23(18)22)9-15-24(26)30-20-13-10-19(11-14-20)25(27)28/h6-16H,3-5H2,1-2H3/b15-9+. The summed E-state index contributed by atoms with van der Waals surface area (Å²) < 4.78 is 10.6. The molecular weight excluding hydrogens is 382 g/mol. The number of nitro groups is 1. The number of non-ortho nitro benzene ring substituents is 1. The molecule has 0 saturated carbocycles.